The van der Waals surface area contributed by atoms with Crippen LogP contribution in [0, 0.1) is 0 Å². The van der Waals surface area contributed by atoms with Crippen LogP contribution in [-0.2, 0) is 11.2 Å². The highest BCUT2D eigenvalue weighted by atomic mass is 32.1. The summed E-state index contributed by atoms with van der Waals surface area (Å²) < 4.78 is 0. The van der Waals surface area contributed by atoms with E-state index in [0.29, 0.717) is 18.7 Å². The van der Waals surface area contributed by atoms with Gasteiger partial charge in [-0.25, -0.2) is 4.98 Å². The van der Waals surface area contributed by atoms with Gasteiger partial charge < -0.3 is 21.3 Å². The average molecular weight is 388 g/mol. The second-order valence-electron chi connectivity index (χ2n) is 6.59. The summed E-state index contributed by atoms with van der Waals surface area (Å²) in [6.45, 7) is 4.24. The van der Waals surface area contributed by atoms with Gasteiger partial charge in [0.15, 0.2) is 0 Å². The molecule has 1 aromatic carbocycles. The lowest BCUT2D eigenvalue weighted by atomic mass is 10.2. The third kappa shape index (κ3) is 5.05. The number of amides is 2. The van der Waals surface area contributed by atoms with Crippen molar-refractivity contribution in [2.45, 2.75) is 32.2 Å². The Bertz CT molecular complexity index is 801. The fourth-order valence-corrected chi connectivity index (χ4v) is 3.79. The highest BCUT2D eigenvalue weighted by Crippen LogP contribution is 2.23. The van der Waals surface area contributed by atoms with Crippen molar-refractivity contribution < 1.29 is 9.59 Å². The molecule has 2 amide bonds. The van der Waals surface area contributed by atoms with Crippen molar-refractivity contribution in [2.24, 2.45) is 5.73 Å². The first kappa shape index (κ1) is 19.3. The van der Waals surface area contributed by atoms with Gasteiger partial charge in [-0.2, -0.15) is 0 Å². The number of nitrogens with one attached hydrogen (secondary N) is 2. The van der Waals surface area contributed by atoms with Gasteiger partial charge in [-0.3, -0.25) is 9.59 Å². The molecule has 8 heteroatoms. The third-order valence-corrected chi connectivity index (χ3v) is 5.38. The van der Waals surface area contributed by atoms with Crippen LogP contribution in [0.3, 0.4) is 0 Å². The van der Waals surface area contributed by atoms with E-state index in [1.165, 1.54) is 24.2 Å². The molecule has 1 atom stereocenters. The van der Waals surface area contributed by atoms with Crippen LogP contribution in [0.25, 0.3) is 0 Å². The monoisotopic (exact) mass is 387 g/mol. The molecule has 2 heterocycles. The zero-order chi connectivity index (χ0) is 19.2. The number of carbonyl (C=O) groups is 2. The van der Waals surface area contributed by atoms with Crippen LogP contribution in [0.15, 0.2) is 29.6 Å². The fourth-order valence-electron chi connectivity index (χ4n) is 3.00. The lowest BCUT2D eigenvalue weighted by molar-refractivity contribution is -0.117. The molecule has 0 spiro atoms. The topological polar surface area (TPSA) is 100 Å². The van der Waals surface area contributed by atoms with Gasteiger partial charge in [-0.1, -0.05) is 6.07 Å². The number of nitrogens with two attached hydrogens (primary N) is 1. The Morgan fingerprint density at radius 3 is 2.85 bits per heavy atom. The Balaban J connectivity index is 1.57. The second kappa shape index (κ2) is 8.96. The third-order valence-electron chi connectivity index (χ3n) is 4.47. The molecule has 0 saturated carbocycles. The molecule has 27 heavy (non-hydrogen) atoms. The molecule has 1 aliphatic rings. The van der Waals surface area contributed by atoms with Crippen molar-refractivity contribution in [3.63, 3.8) is 0 Å². The predicted molar refractivity (Wildman–Crippen MR) is 108 cm³/mol. The van der Waals surface area contributed by atoms with Crippen molar-refractivity contribution in [3.8, 4) is 0 Å². The highest BCUT2D eigenvalue weighted by molar-refractivity contribution is 7.09. The van der Waals surface area contributed by atoms with Crippen molar-refractivity contribution in [1.29, 1.82) is 0 Å². The number of benzene rings is 1. The average Bonchev–Trinajstić information content (AvgIpc) is 3.34. The molecule has 4 N–H and O–H groups in total. The lowest BCUT2D eigenvalue weighted by Crippen LogP contribution is -2.41. The summed E-state index contributed by atoms with van der Waals surface area (Å²) in [6, 6.07) is 7.13. The second-order valence-corrected chi connectivity index (χ2v) is 7.54. The van der Waals surface area contributed by atoms with Crippen LogP contribution in [-0.4, -0.2) is 42.5 Å². The SMILES string of the molecule is CC(NC(=O)c1csc(CCN)n1)C(=O)Nc1cccc(N2CCCC2)c1. The van der Waals surface area contributed by atoms with Gasteiger partial charge in [0.2, 0.25) is 5.91 Å². The van der Waals surface area contributed by atoms with E-state index in [9.17, 15) is 9.59 Å². The van der Waals surface area contributed by atoms with Crippen LogP contribution < -0.4 is 21.3 Å². The van der Waals surface area contributed by atoms with Gasteiger partial charge in [-0.05, 0) is 44.5 Å². The fraction of sp³-hybridized carbons (Fsp3) is 0.421. The normalized spacial score (nSPS) is 14.8. The Morgan fingerprint density at radius 1 is 1.33 bits per heavy atom. The standard InChI is InChI=1S/C19H25N5O2S/c1-13(21-19(26)16-12-27-17(23-16)7-8-20)18(25)22-14-5-4-6-15(11-14)24-9-2-3-10-24/h4-6,11-13H,2-3,7-10,20H2,1H3,(H,21,26)(H,22,25). The Hall–Kier alpha value is -2.45. The number of thiazole rings is 1. The number of nitrogens with zero attached hydrogens (tertiary/aromatic N) is 2. The first-order chi connectivity index (χ1) is 13.1. The summed E-state index contributed by atoms with van der Waals surface area (Å²) in [5, 5.41) is 8.07. The van der Waals surface area contributed by atoms with Gasteiger partial charge in [0.25, 0.3) is 5.91 Å². The Labute approximate surface area is 163 Å². The van der Waals surface area contributed by atoms with Gasteiger partial charge in [0.05, 0.1) is 5.01 Å². The highest BCUT2D eigenvalue weighted by Gasteiger charge is 2.19. The molecule has 1 unspecified atom stereocenters. The molecule has 7 nitrogen and oxygen atoms in total. The van der Waals surface area contributed by atoms with Gasteiger partial charge in [0, 0.05) is 36.3 Å². The van der Waals surface area contributed by atoms with Gasteiger partial charge >= 0.3 is 0 Å². The molecular formula is C19H25N5O2S. The van der Waals surface area contributed by atoms with E-state index < -0.39 is 6.04 Å². The smallest absolute Gasteiger partial charge is 0.271 e. The number of aromatic nitrogens is 1. The largest absolute Gasteiger partial charge is 0.371 e. The molecule has 3 rings (SSSR count). The van der Waals surface area contributed by atoms with Crippen molar-refractivity contribution in [2.75, 3.05) is 29.9 Å². The van der Waals surface area contributed by atoms with Crippen LogP contribution in [0.4, 0.5) is 11.4 Å². The number of carbonyl (C=O) groups excluding carboxylic acids is 2. The van der Waals surface area contributed by atoms with Gasteiger partial charge in [0.1, 0.15) is 11.7 Å². The minimum atomic E-state index is -0.674. The van der Waals surface area contributed by atoms with E-state index in [4.69, 9.17) is 5.73 Å². The number of hydrogen-bond donors (Lipinski definition) is 3. The molecule has 1 aliphatic heterocycles. The lowest BCUT2D eigenvalue weighted by Gasteiger charge is -2.19. The molecule has 0 radical (unpaired) electrons. The summed E-state index contributed by atoms with van der Waals surface area (Å²) in [5.41, 5.74) is 7.65. The van der Waals surface area contributed by atoms with Crippen LogP contribution >= 0.6 is 11.3 Å². The summed E-state index contributed by atoms with van der Waals surface area (Å²) >= 11 is 1.40. The summed E-state index contributed by atoms with van der Waals surface area (Å²) in [7, 11) is 0. The maximum absolute atomic E-state index is 12.4. The van der Waals surface area contributed by atoms with E-state index in [0.717, 1.165) is 29.5 Å². The Kier molecular flexibility index (Phi) is 6.41. The quantitative estimate of drug-likeness (QED) is 0.675. The molecule has 2 aromatic rings. The maximum atomic E-state index is 12.4. The number of rotatable bonds is 7. The first-order valence-corrected chi connectivity index (χ1v) is 10.1. The minimum absolute atomic E-state index is 0.265. The van der Waals surface area contributed by atoms with E-state index >= 15 is 0 Å². The van der Waals surface area contributed by atoms with E-state index in [1.54, 1.807) is 12.3 Å². The summed E-state index contributed by atoms with van der Waals surface area (Å²) in [4.78, 5) is 31.3. The van der Waals surface area contributed by atoms with Crippen molar-refractivity contribution in [3.05, 3.63) is 40.3 Å². The molecule has 1 fully saturated rings. The molecule has 1 aromatic heterocycles. The van der Waals surface area contributed by atoms with Crippen LogP contribution in [0.5, 0.6) is 0 Å². The minimum Gasteiger partial charge on any atom is -0.371 e. The zero-order valence-electron chi connectivity index (χ0n) is 15.4. The number of hydrogen-bond acceptors (Lipinski definition) is 6. The van der Waals surface area contributed by atoms with E-state index in [2.05, 4.69) is 20.5 Å². The maximum Gasteiger partial charge on any atom is 0.271 e. The zero-order valence-corrected chi connectivity index (χ0v) is 16.2. The first-order valence-electron chi connectivity index (χ1n) is 9.18. The van der Waals surface area contributed by atoms with Crippen molar-refractivity contribution >= 4 is 34.5 Å². The molecule has 0 bridgehead atoms. The predicted octanol–water partition coefficient (Wildman–Crippen LogP) is 2.00. The van der Waals surface area contributed by atoms with E-state index in [-0.39, 0.29) is 11.8 Å². The molecule has 1 saturated heterocycles. The number of anilines is 2. The summed E-state index contributed by atoms with van der Waals surface area (Å²) in [5.74, 6) is -0.623. The van der Waals surface area contributed by atoms with Crippen LogP contribution in [0.1, 0.15) is 35.3 Å². The molecular weight excluding hydrogens is 362 g/mol. The molecule has 0 aliphatic carbocycles. The summed E-state index contributed by atoms with van der Waals surface area (Å²) in [6.07, 6.45) is 3.04. The van der Waals surface area contributed by atoms with Crippen LogP contribution in [0.2, 0.25) is 0 Å². The Morgan fingerprint density at radius 2 is 2.11 bits per heavy atom. The van der Waals surface area contributed by atoms with E-state index in [1.807, 2.05) is 24.3 Å². The van der Waals surface area contributed by atoms with Gasteiger partial charge in [-0.15, -0.1) is 11.3 Å². The molecule has 144 valence electrons. The van der Waals surface area contributed by atoms with Crippen molar-refractivity contribution in [1.82, 2.24) is 10.3 Å².